The summed E-state index contributed by atoms with van der Waals surface area (Å²) in [4.78, 5) is 11.6. The highest BCUT2D eigenvalue weighted by atomic mass is 79.9. The molecule has 0 atom stereocenters. The topological polar surface area (TPSA) is 26.3 Å². The van der Waals surface area contributed by atoms with E-state index in [1.165, 1.54) is 5.56 Å². The predicted molar refractivity (Wildman–Crippen MR) is 98.1 cm³/mol. The Balaban J connectivity index is 2.07. The number of ketones is 1. The van der Waals surface area contributed by atoms with Crippen LogP contribution in [0.5, 0.6) is 5.75 Å². The highest BCUT2D eigenvalue weighted by Crippen LogP contribution is 2.26. The predicted octanol–water partition coefficient (Wildman–Crippen LogP) is 5.82. The molecule has 0 fully saturated rings. The van der Waals surface area contributed by atoms with Gasteiger partial charge in [-0.05, 0) is 41.7 Å². The first-order chi connectivity index (χ1) is 11.0. The van der Waals surface area contributed by atoms with Gasteiger partial charge in [0.25, 0.3) is 0 Å². The Labute approximate surface area is 147 Å². The third kappa shape index (κ3) is 5.21. The molecule has 0 radical (unpaired) electrons. The maximum Gasteiger partial charge on any atom is 0.162 e. The molecule has 0 aliphatic carbocycles. The van der Waals surface area contributed by atoms with Crippen LogP contribution in [0.3, 0.4) is 0 Å². The summed E-state index contributed by atoms with van der Waals surface area (Å²) in [5.41, 5.74) is 3.05. The monoisotopic (exact) mass is 374 g/mol. The summed E-state index contributed by atoms with van der Waals surface area (Å²) in [5.74, 6) is 1.67. The van der Waals surface area contributed by atoms with E-state index in [9.17, 15) is 4.79 Å². The van der Waals surface area contributed by atoms with Gasteiger partial charge in [0.15, 0.2) is 5.78 Å². The molecule has 0 aliphatic heterocycles. The van der Waals surface area contributed by atoms with Gasteiger partial charge in [-0.2, -0.15) is 0 Å². The normalized spacial score (nSPS) is 10.8. The number of carbonyl (C=O) groups excluding carboxylic acids is 1. The molecule has 122 valence electrons. The number of carbonyl (C=O) groups is 1. The lowest BCUT2D eigenvalue weighted by molar-refractivity contribution is 0.0988. The van der Waals surface area contributed by atoms with Crippen molar-refractivity contribution >= 4 is 21.7 Å². The van der Waals surface area contributed by atoms with Crippen LogP contribution in [0, 0.1) is 5.92 Å². The molecule has 0 N–H and O–H groups in total. The minimum absolute atomic E-state index is 0.171. The van der Waals surface area contributed by atoms with Gasteiger partial charge in [-0.3, -0.25) is 4.79 Å². The van der Waals surface area contributed by atoms with Gasteiger partial charge >= 0.3 is 0 Å². The van der Waals surface area contributed by atoms with E-state index in [1.807, 2.05) is 43.3 Å². The second kappa shape index (κ2) is 8.30. The Morgan fingerprint density at radius 2 is 1.83 bits per heavy atom. The quantitative estimate of drug-likeness (QED) is 0.570. The van der Waals surface area contributed by atoms with Gasteiger partial charge in [-0.25, -0.2) is 0 Å². The second-order valence-electron chi connectivity index (χ2n) is 6.11. The average molecular weight is 375 g/mol. The summed E-state index contributed by atoms with van der Waals surface area (Å²) in [5, 5.41) is 0. The van der Waals surface area contributed by atoms with Crippen LogP contribution in [0.4, 0.5) is 0 Å². The lowest BCUT2D eigenvalue weighted by Crippen LogP contribution is -2.02. The molecular weight excluding hydrogens is 352 g/mol. The smallest absolute Gasteiger partial charge is 0.162 e. The molecule has 0 aliphatic rings. The number of hydrogen-bond donors (Lipinski definition) is 0. The van der Waals surface area contributed by atoms with Crippen LogP contribution in [0.15, 0.2) is 46.9 Å². The van der Waals surface area contributed by atoms with Crippen LogP contribution >= 0.6 is 15.9 Å². The Bertz CT molecular complexity index is 660. The van der Waals surface area contributed by atoms with Crippen molar-refractivity contribution in [1.82, 2.24) is 0 Å². The summed E-state index contributed by atoms with van der Waals surface area (Å²) >= 11 is 3.52. The van der Waals surface area contributed by atoms with Crippen LogP contribution in [0.1, 0.15) is 48.7 Å². The number of hydrogen-bond acceptors (Lipinski definition) is 2. The Morgan fingerprint density at radius 1 is 1.13 bits per heavy atom. The van der Waals surface area contributed by atoms with Crippen LogP contribution < -0.4 is 4.74 Å². The van der Waals surface area contributed by atoms with Gasteiger partial charge in [0.1, 0.15) is 12.4 Å². The largest absolute Gasteiger partial charge is 0.489 e. The van der Waals surface area contributed by atoms with Crippen molar-refractivity contribution in [3.63, 3.8) is 0 Å². The zero-order valence-electron chi connectivity index (χ0n) is 13.9. The average Bonchev–Trinajstić information content (AvgIpc) is 2.53. The van der Waals surface area contributed by atoms with E-state index in [0.717, 1.165) is 27.8 Å². The van der Waals surface area contributed by atoms with Gasteiger partial charge in [-0.1, -0.05) is 61.0 Å². The fourth-order valence-electron chi connectivity index (χ4n) is 2.44. The maximum absolute atomic E-state index is 11.6. The Kier molecular flexibility index (Phi) is 6.40. The van der Waals surface area contributed by atoms with Gasteiger partial charge < -0.3 is 4.74 Å². The van der Waals surface area contributed by atoms with Crippen molar-refractivity contribution in [3.8, 4) is 5.75 Å². The third-order valence-electron chi connectivity index (χ3n) is 3.64. The van der Waals surface area contributed by atoms with Crippen LogP contribution in [-0.2, 0) is 13.0 Å². The summed E-state index contributed by atoms with van der Waals surface area (Å²) in [6.45, 7) is 6.79. The number of Topliss-reactive ketones (excluding diaryl/α,β-unsaturated/α-hetero) is 1. The highest BCUT2D eigenvalue weighted by molar-refractivity contribution is 9.10. The molecule has 0 aromatic heterocycles. The zero-order valence-corrected chi connectivity index (χ0v) is 15.5. The maximum atomic E-state index is 11.6. The van der Waals surface area contributed by atoms with Crippen molar-refractivity contribution in [1.29, 1.82) is 0 Å². The van der Waals surface area contributed by atoms with E-state index >= 15 is 0 Å². The van der Waals surface area contributed by atoms with Gasteiger partial charge in [0, 0.05) is 16.5 Å². The van der Waals surface area contributed by atoms with Crippen LogP contribution in [0.2, 0.25) is 0 Å². The number of halogens is 1. The summed E-state index contributed by atoms with van der Waals surface area (Å²) in [6.07, 6.45) is 1.52. The molecule has 0 amide bonds. The van der Waals surface area contributed by atoms with E-state index in [-0.39, 0.29) is 5.78 Å². The lowest BCUT2D eigenvalue weighted by atomic mass is 10.0. The van der Waals surface area contributed by atoms with Crippen molar-refractivity contribution in [2.24, 2.45) is 5.92 Å². The summed E-state index contributed by atoms with van der Waals surface area (Å²) in [6, 6.07) is 13.8. The molecule has 0 unspecified atom stereocenters. The minimum Gasteiger partial charge on any atom is -0.489 e. The van der Waals surface area contributed by atoms with Gasteiger partial charge in [0.2, 0.25) is 0 Å². The molecule has 3 heteroatoms. The SMILES string of the molecule is CCC(=O)c1ccc(COc2ccc(Br)cc2CC(C)C)cc1. The van der Waals surface area contributed by atoms with Crippen molar-refractivity contribution in [2.45, 2.75) is 40.2 Å². The molecule has 2 aromatic rings. The molecule has 23 heavy (non-hydrogen) atoms. The molecule has 2 aromatic carbocycles. The molecule has 2 rings (SSSR count). The molecule has 2 nitrogen and oxygen atoms in total. The van der Waals surface area contributed by atoms with E-state index in [0.29, 0.717) is 18.9 Å². The molecule has 0 heterocycles. The number of benzene rings is 2. The highest BCUT2D eigenvalue weighted by Gasteiger charge is 2.08. The van der Waals surface area contributed by atoms with E-state index < -0.39 is 0 Å². The van der Waals surface area contributed by atoms with E-state index in [2.05, 4.69) is 35.8 Å². The van der Waals surface area contributed by atoms with Gasteiger partial charge in [0.05, 0.1) is 0 Å². The van der Waals surface area contributed by atoms with E-state index in [1.54, 1.807) is 0 Å². The fraction of sp³-hybridized carbons (Fsp3) is 0.350. The Morgan fingerprint density at radius 3 is 2.43 bits per heavy atom. The first kappa shape index (κ1) is 17.7. The number of rotatable bonds is 7. The number of ether oxygens (including phenoxy) is 1. The van der Waals surface area contributed by atoms with Crippen molar-refractivity contribution < 1.29 is 9.53 Å². The molecular formula is C20H23BrO2. The minimum atomic E-state index is 0.171. The fourth-order valence-corrected chi connectivity index (χ4v) is 2.85. The first-order valence-corrected chi connectivity index (χ1v) is 8.82. The zero-order chi connectivity index (χ0) is 16.8. The lowest BCUT2D eigenvalue weighted by Gasteiger charge is -2.14. The molecule has 0 saturated carbocycles. The second-order valence-corrected chi connectivity index (χ2v) is 7.03. The summed E-state index contributed by atoms with van der Waals surface area (Å²) < 4.78 is 7.07. The van der Waals surface area contributed by atoms with E-state index in [4.69, 9.17) is 4.74 Å². The molecule has 0 bridgehead atoms. The van der Waals surface area contributed by atoms with Crippen molar-refractivity contribution in [2.75, 3.05) is 0 Å². The van der Waals surface area contributed by atoms with Gasteiger partial charge in [-0.15, -0.1) is 0 Å². The van der Waals surface area contributed by atoms with Crippen LogP contribution in [0.25, 0.3) is 0 Å². The first-order valence-electron chi connectivity index (χ1n) is 8.03. The summed E-state index contributed by atoms with van der Waals surface area (Å²) in [7, 11) is 0. The molecule has 0 spiro atoms. The third-order valence-corrected chi connectivity index (χ3v) is 4.14. The van der Waals surface area contributed by atoms with Crippen LogP contribution in [-0.4, -0.2) is 5.78 Å². The Hall–Kier alpha value is -1.61. The molecule has 0 saturated heterocycles. The van der Waals surface area contributed by atoms with Crippen molar-refractivity contribution in [3.05, 3.63) is 63.6 Å². The standard InChI is InChI=1S/C20H23BrO2/c1-4-19(22)16-7-5-15(6-8-16)13-23-20-10-9-18(21)12-17(20)11-14(2)3/h5-10,12,14H,4,11,13H2,1-3H3.